The SMILES string of the molecule is COC1(Cn2c(CCl)nc3cc(F)c(C)cc32)CCC1. The van der Waals surface area contributed by atoms with E-state index in [0.717, 1.165) is 30.7 Å². The maximum absolute atomic E-state index is 13.7. The Morgan fingerprint density at radius 1 is 1.45 bits per heavy atom. The molecule has 108 valence electrons. The summed E-state index contributed by atoms with van der Waals surface area (Å²) in [4.78, 5) is 4.45. The number of rotatable bonds is 4. The summed E-state index contributed by atoms with van der Waals surface area (Å²) in [6, 6.07) is 3.33. The van der Waals surface area contributed by atoms with E-state index in [4.69, 9.17) is 16.3 Å². The molecule has 1 aromatic carbocycles. The molecule has 20 heavy (non-hydrogen) atoms. The number of hydrogen-bond acceptors (Lipinski definition) is 2. The summed E-state index contributed by atoms with van der Waals surface area (Å²) in [6.45, 7) is 2.50. The predicted molar refractivity (Wildman–Crippen MR) is 77.6 cm³/mol. The van der Waals surface area contributed by atoms with Gasteiger partial charge in [0, 0.05) is 13.2 Å². The van der Waals surface area contributed by atoms with Crippen LogP contribution in [0.3, 0.4) is 0 Å². The van der Waals surface area contributed by atoms with Gasteiger partial charge >= 0.3 is 0 Å². The first-order valence-electron chi connectivity index (χ1n) is 6.85. The molecule has 5 heteroatoms. The number of ether oxygens (including phenoxy) is 1. The van der Waals surface area contributed by atoms with E-state index in [2.05, 4.69) is 9.55 Å². The fraction of sp³-hybridized carbons (Fsp3) is 0.533. The van der Waals surface area contributed by atoms with Crippen LogP contribution in [0.15, 0.2) is 12.1 Å². The van der Waals surface area contributed by atoms with E-state index >= 15 is 0 Å². The molecule has 1 saturated carbocycles. The van der Waals surface area contributed by atoms with Crippen molar-refractivity contribution in [3.63, 3.8) is 0 Å². The molecule has 2 aromatic rings. The lowest BCUT2D eigenvalue weighted by atomic mass is 9.80. The minimum absolute atomic E-state index is 0.114. The van der Waals surface area contributed by atoms with Gasteiger partial charge in [-0.25, -0.2) is 9.37 Å². The maximum Gasteiger partial charge on any atom is 0.128 e. The van der Waals surface area contributed by atoms with Crippen molar-refractivity contribution in [1.29, 1.82) is 0 Å². The van der Waals surface area contributed by atoms with E-state index in [0.29, 0.717) is 17.0 Å². The van der Waals surface area contributed by atoms with Crippen molar-refractivity contribution in [3.05, 3.63) is 29.3 Å². The number of halogens is 2. The molecular formula is C15H18ClFN2O. The highest BCUT2D eigenvalue weighted by atomic mass is 35.5. The van der Waals surface area contributed by atoms with Crippen molar-refractivity contribution >= 4 is 22.6 Å². The van der Waals surface area contributed by atoms with E-state index in [1.807, 2.05) is 6.07 Å². The molecule has 0 radical (unpaired) electrons. The summed E-state index contributed by atoms with van der Waals surface area (Å²) in [7, 11) is 1.75. The third-order valence-electron chi connectivity index (χ3n) is 4.37. The van der Waals surface area contributed by atoms with Crippen LogP contribution < -0.4 is 0 Å². The molecule has 3 nitrogen and oxygen atoms in total. The van der Waals surface area contributed by atoms with E-state index in [1.165, 1.54) is 12.5 Å². The number of aromatic nitrogens is 2. The van der Waals surface area contributed by atoms with E-state index < -0.39 is 0 Å². The first-order chi connectivity index (χ1) is 9.58. The van der Waals surface area contributed by atoms with Crippen LogP contribution in [0.25, 0.3) is 11.0 Å². The number of nitrogens with zero attached hydrogens (tertiary/aromatic N) is 2. The largest absolute Gasteiger partial charge is 0.376 e. The molecule has 0 spiro atoms. The Morgan fingerprint density at radius 3 is 2.75 bits per heavy atom. The zero-order chi connectivity index (χ0) is 14.3. The number of benzene rings is 1. The van der Waals surface area contributed by atoms with Crippen LogP contribution in [0, 0.1) is 12.7 Å². The Labute approximate surface area is 122 Å². The number of hydrogen-bond donors (Lipinski definition) is 0. The average molecular weight is 297 g/mol. The highest BCUT2D eigenvalue weighted by Crippen LogP contribution is 2.38. The van der Waals surface area contributed by atoms with Gasteiger partial charge in [-0.2, -0.15) is 0 Å². The summed E-state index contributed by atoms with van der Waals surface area (Å²) >= 11 is 6.00. The molecular weight excluding hydrogens is 279 g/mol. The van der Waals surface area contributed by atoms with Crippen LogP contribution in [0.4, 0.5) is 4.39 Å². The van der Waals surface area contributed by atoms with Gasteiger partial charge in [0.2, 0.25) is 0 Å². The zero-order valence-corrected chi connectivity index (χ0v) is 12.5. The van der Waals surface area contributed by atoms with Crippen LogP contribution in [-0.4, -0.2) is 22.3 Å². The number of fused-ring (bicyclic) bond motifs is 1. The molecule has 0 amide bonds. The maximum atomic E-state index is 13.7. The Hall–Kier alpha value is -1.13. The molecule has 1 aliphatic rings. The van der Waals surface area contributed by atoms with Gasteiger partial charge in [-0.15, -0.1) is 11.6 Å². The highest BCUT2D eigenvalue weighted by molar-refractivity contribution is 6.16. The summed E-state index contributed by atoms with van der Waals surface area (Å²) in [5.41, 5.74) is 2.11. The van der Waals surface area contributed by atoms with Gasteiger partial charge in [0.1, 0.15) is 11.6 Å². The van der Waals surface area contributed by atoms with E-state index in [9.17, 15) is 4.39 Å². The monoisotopic (exact) mass is 296 g/mol. The van der Waals surface area contributed by atoms with Gasteiger partial charge in [0.25, 0.3) is 0 Å². The first kappa shape index (κ1) is 13.8. The highest BCUT2D eigenvalue weighted by Gasteiger charge is 2.38. The average Bonchev–Trinajstić information content (AvgIpc) is 2.72. The topological polar surface area (TPSA) is 27.1 Å². The Balaban J connectivity index is 2.10. The molecule has 3 rings (SSSR count). The number of methoxy groups -OCH3 is 1. The third-order valence-corrected chi connectivity index (χ3v) is 4.61. The molecule has 0 saturated heterocycles. The van der Waals surface area contributed by atoms with Gasteiger partial charge in [-0.05, 0) is 37.8 Å². The molecule has 1 aliphatic carbocycles. The van der Waals surface area contributed by atoms with Gasteiger partial charge in [-0.3, -0.25) is 0 Å². The Bertz CT molecular complexity index is 643. The first-order valence-corrected chi connectivity index (χ1v) is 7.38. The van der Waals surface area contributed by atoms with Gasteiger partial charge < -0.3 is 9.30 Å². The summed E-state index contributed by atoms with van der Waals surface area (Å²) in [5, 5.41) is 0. The molecule has 0 unspecified atom stereocenters. The second-order valence-electron chi connectivity index (χ2n) is 5.58. The molecule has 1 fully saturated rings. The molecule has 0 bridgehead atoms. The van der Waals surface area contributed by atoms with Crippen molar-refractivity contribution in [3.8, 4) is 0 Å². The Kier molecular flexibility index (Phi) is 3.46. The molecule has 0 atom stereocenters. The Morgan fingerprint density at radius 2 is 2.20 bits per heavy atom. The number of imidazole rings is 1. The fourth-order valence-electron chi connectivity index (χ4n) is 2.86. The normalized spacial score (nSPS) is 17.4. The number of alkyl halides is 1. The minimum atomic E-state index is -0.228. The second kappa shape index (κ2) is 5.01. The quantitative estimate of drug-likeness (QED) is 0.803. The van der Waals surface area contributed by atoms with Crippen LogP contribution >= 0.6 is 11.6 Å². The molecule has 0 N–H and O–H groups in total. The molecule has 1 aromatic heterocycles. The summed E-state index contributed by atoms with van der Waals surface area (Å²) < 4.78 is 21.4. The summed E-state index contributed by atoms with van der Waals surface area (Å²) in [6.07, 6.45) is 3.28. The number of aryl methyl sites for hydroxylation is 1. The molecule has 0 aliphatic heterocycles. The smallest absolute Gasteiger partial charge is 0.128 e. The van der Waals surface area contributed by atoms with Crippen molar-refractivity contribution in [2.75, 3.05) is 7.11 Å². The van der Waals surface area contributed by atoms with Crippen LogP contribution in [0.2, 0.25) is 0 Å². The van der Waals surface area contributed by atoms with Crippen molar-refractivity contribution in [1.82, 2.24) is 9.55 Å². The lowest BCUT2D eigenvalue weighted by Gasteiger charge is -2.41. The summed E-state index contributed by atoms with van der Waals surface area (Å²) in [5.74, 6) is 0.859. The van der Waals surface area contributed by atoms with E-state index in [-0.39, 0.29) is 11.4 Å². The second-order valence-corrected chi connectivity index (χ2v) is 5.85. The zero-order valence-electron chi connectivity index (χ0n) is 11.7. The van der Waals surface area contributed by atoms with Crippen LogP contribution in [-0.2, 0) is 17.2 Å². The van der Waals surface area contributed by atoms with Gasteiger partial charge in [-0.1, -0.05) is 0 Å². The molecule has 1 heterocycles. The lowest BCUT2D eigenvalue weighted by molar-refractivity contribution is -0.0831. The van der Waals surface area contributed by atoms with Crippen LogP contribution in [0.5, 0.6) is 0 Å². The minimum Gasteiger partial charge on any atom is -0.376 e. The fourth-order valence-corrected chi connectivity index (χ4v) is 3.07. The van der Waals surface area contributed by atoms with Crippen molar-refractivity contribution in [2.45, 2.75) is 44.2 Å². The standard InChI is InChI=1S/C15H18ClFN2O/c1-10-6-13-12(7-11(10)17)18-14(8-16)19(13)9-15(20-2)4-3-5-15/h6-7H,3-5,8-9H2,1-2H3. The van der Waals surface area contributed by atoms with Crippen LogP contribution in [0.1, 0.15) is 30.7 Å². The van der Waals surface area contributed by atoms with Crippen molar-refractivity contribution in [2.24, 2.45) is 0 Å². The van der Waals surface area contributed by atoms with Gasteiger partial charge in [0.05, 0.1) is 29.1 Å². The van der Waals surface area contributed by atoms with Crippen molar-refractivity contribution < 1.29 is 9.13 Å². The van der Waals surface area contributed by atoms with E-state index in [1.54, 1.807) is 14.0 Å². The third kappa shape index (κ3) is 2.11. The predicted octanol–water partition coefficient (Wildman–Crippen LogP) is 3.79. The lowest BCUT2D eigenvalue weighted by Crippen LogP contribution is -2.43. The van der Waals surface area contributed by atoms with Gasteiger partial charge in [0.15, 0.2) is 0 Å².